The largest absolute Gasteiger partial charge is 0.454 e. The minimum Gasteiger partial charge on any atom is -0.454 e. The van der Waals surface area contributed by atoms with Gasteiger partial charge in [0.2, 0.25) is 0 Å². The van der Waals surface area contributed by atoms with Crippen LogP contribution in [0, 0.1) is 0 Å². The van der Waals surface area contributed by atoms with Crippen LogP contribution in [0.1, 0.15) is 25.0 Å². The summed E-state index contributed by atoms with van der Waals surface area (Å²) >= 11 is 0. The number of furan rings is 1. The van der Waals surface area contributed by atoms with Gasteiger partial charge in [0.25, 0.3) is 0 Å². The van der Waals surface area contributed by atoms with Crippen molar-refractivity contribution in [2.75, 3.05) is 4.90 Å². The summed E-state index contributed by atoms with van der Waals surface area (Å²) in [7, 11) is 0. The highest BCUT2D eigenvalue weighted by molar-refractivity contribution is 6.03. The van der Waals surface area contributed by atoms with E-state index in [1.165, 1.54) is 44.5 Å². The van der Waals surface area contributed by atoms with Crippen LogP contribution in [0.4, 0.5) is 17.1 Å². The SMILES string of the molecule is CC1(C)c2ccccc2-c2cc(N(c3ccc(-c4ccc(-c5ccccc5)cc4)cc3)c3cnc4c(c3)oc3ccccc34)ccc21. The quantitative estimate of drug-likeness (QED) is 0.196. The second-order valence-electron chi connectivity index (χ2n) is 12.9. The monoisotopic (exact) mass is 604 g/mol. The molecule has 3 nitrogen and oxygen atoms in total. The Labute approximate surface area is 274 Å². The van der Waals surface area contributed by atoms with E-state index in [1.807, 2.05) is 24.4 Å². The molecule has 0 bridgehead atoms. The van der Waals surface area contributed by atoms with Crippen LogP contribution in [0.15, 0.2) is 162 Å². The average Bonchev–Trinajstić information content (AvgIpc) is 3.61. The van der Waals surface area contributed by atoms with Crippen LogP contribution in [-0.4, -0.2) is 4.98 Å². The van der Waals surface area contributed by atoms with E-state index >= 15 is 0 Å². The first-order valence-corrected chi connectivity index (χ1v) is 16.1. The zero-order valence-electron chi connectivity index (χ0n) is 26.3. The first-order chi connectivity index (χ1) is 23.0. The van der Waals surface area contributed by atoms with Gasteiger partial charge in [0.1, 0.15) is 11.1 Å². The van der Waals surface area contributed by atoms with Gasteiger partial charge >= 0.3 is 0 Å². The molecule has 6 aromatic carbocycles. The van der Waals surface area contributed by atoms with Crippen molar-refractivity contribution in [3.8, 4) is 33.4 Å². The number of fused-ring (bicyclic) bond motifs is 6. The molecule has 0 spiro atoms. The third-order valence-electron chi connectivity index (χ3n) is 9.73. The lowest BCUT2D eigenvalue weighted by Gasteiger charge is -2.27. The fourth-order valence-electron chi connectivity index (χ4n) is 7.29. The molecule has 0 amide bonds. The molecule has 2 aromatic heterocycles. The van der Waals surface area contributed by atoms with Gasteiger partial charge in [-0.15, -0.1) is 0 Å². The molecule has 0 saturated heterocycles. The Morgan fingerprint density at radius 3 is 1.85 bits per heavy atom. The van der Waals surface area contributed by atoms with Gasteiger partial charge in [-0.2, -0.15) is 0 Å². The summed E-state index contributed by atoms with van der Waals surface area (Å²) in [6.07, 6.45) is 1.96. The molecule has 1 aliphatic rings. The van der Waals surface area contributed by atoms with E-state index in [1.54, 1.807) is 0 Å². The maximum Gasteiger partial charge on any atom is 0.155 e. The van der Waals surface area contributed by atoms with Gasteiger partial charge in [-0.05, 0) is 80.9 Å². The Hall–Kier alpha value is -5.93. The summed E-state index contributed by atoms with van der Waals surface area (Å²) in [5, 5.41) is 1.03. The van der Waals surface area contributed by atoms with Crippen molar-refractivity contribution in [1.82, 2.24) is 4.98 Å². The van der Waals surface area contributed by atoms with Gasteiger partial charge in [0.05, 0.1) is 11.9 Å². The van der Waals surface area contributed by atoms with Crippen LogP contribution in [0.25, 0.3) is 55.4 Å². The normalized spacial score (nSPS) is 13.1. The minimum atomic E-state index is -0.0538. The van der Waals surface area contributed by atoms with Crippen LogP contribution < -0.4 is 4.90 Å². The van der Waals surface area contributed by atoms with Crippen molar-refractivity contribution in [3.05, 3.63) is 169 Å². The molecule has 1 aliphatic carbocycles. The van der Waals surface area contributed by atoms with Crippen molar-refractivity contribution in [2.45, 2.75) is 19.3 Å². The first kappa shape index (κ1) is 27.4. The number of aromatic nitrogens is 1. The standard InChI is InChI=1S/C44H32N2O/c1-44(2)39-14-8-6-12-36(39)38-26-34(24-25-40(38)44)46(35-27-42-43(45-28-35)37-13-7-9-15-41(37)47-42)33-22-20-32(21-23-33)31-18-16-30(17-19-31)29-10-4-3-5-11-29/h3-28H,1-2H3. The maximum absolute atomic E-state index is 6.29. The topological polar surface area (TPSA) is 29.3 Å². The first-order valence-electron chi connectivity index (χ1n) is 16.1. The summed E-state index contributed by atoms with van der Waals surface area (Å²) < 4.78 is 6.29. The molecule has 47 heavy (non-hydrogen) atoms. The van der Waals surface area contributed by atoms with Crippen LogP contribution in [0.3, 0.4) is 0 Å². The van der Waals surface area contributed by atoms with Gasteiger partial charge < -0.3 is 9.32 Å². The summed E-state index contributed by atoms with van der Waals surface area (Å²) in [6.45, 7) is 4.64. The molecule has 0 saturated carbocycles. The molecule has 8 aromatic rings. The molecule has 0 N–H and O–H groups in total. The highest BCUT2D eigenvalue weighted by Crippen LogP contribution is 2.50. The molecular formula is C44H32N2O. The molecule has 0 unspecified atom stereocenters. The van der Waals surface area contributed by atoms with E-state index in [9.17, 15) is 0 Å². The van der Waals surface area contributed by atoms with Crippen molar-refractivity contribution in [2.24, 2.45) is 0 Å². The van der Waals surface area contributed by atoms with E-state index in [4.69, 9.17) is 9.40 Å². The Morgan fingerprint density at radius 2 is 1.09 bits per heavy atom. The highest BCUT2D eigenvalue weighted by atomic mass is 16.3. The molecule has 9 rings (SSSR count). The van der Waals surface area contributed by atoms with Gasteiger partial charge in [-0.3, -0.25) is 0 Å². The predicted octanol–water partition coefficient (Wildman–Crippen LogP) is 12.1. The number of hydrogen-bond acceptors (Lipinski definition) is 3. The van der Waals surface area contributed by atoms with Crippen molar-refractivity contribution in [1.29, 1.82) is 0 Å². The molecule has 0 atom stereocenters. The second kappa shape index (κ2) is 10.6. The Kier molecular flexibility index (Phi) is 6.16. The number of nitrogens with zero attached hydrogens (tertiary/aromatic N) is 2. The Morgan fingerprint density at radius 1 is 0.489 bits per heavy atom. The molecule has 0 fully saturated rings. The van der Waals surface area contributed by atoms with Crippen molar-refractivity contribution in [3.63, 3.8) is 0 Å². The van der Waals surface area contributed by atoms with Crippen molar-refractivity contribution >= 4 is 39.1 Å². The molecule has 0 radical (unpaired) electrons. The van der Waals surface area contributed by atoms with E-state index in [0.717, 1.165) is 39.1 Å². The fourth-order valence-corrected chi connectivity index (χ4v) is 7.29. The third kappa shape index (κ3) is 4.46. The van der Waals surface area contributed by atoms with E-state index in [0.29, 0.717) is 0 Å². The second-order valence-corrected chi connectivity index (χ2v) is 12.9. The third-order valence-corrected chi connectivity index (χ3v) is 9.73. The van der Waals surface area contributed by atoms with Crippen LogP contribution in [0.5, 0.6) is 0 Å². The summed E-state index contributed by atoms with van der Waals surface area (Å²) in [6, 6.07) is 54.0. The molecule has 224 valence electrons. The summed E-state index contributed by atoms with van der Waals surface area (Å²) in [5.41, 5.74) is 15.6. The smallest absolute Gasteiger partial charge is 0.155 e. The number of rotatable bonds is 5. The van der Waals surface area contributed by atoms with Gasteiger partial charge in [0.15, 0.2) is 5.58 Å². The molecule has 2 heterocycles. The summed E-state index contributed by atoms with van der Waals surface area (Å²) in [5.74, 6) is 0. The maximum atomic E-state index is 6.29. The van der Waals surface area contributed by atoms with E-state index < -0.39 is 0 Å². The van der Waals surface area contributed by atoms with Crippen LogP contribution >= 0.6 is 0 Å². The average molecular weight is 605 g/mol. The molecule has 0 aliphatic heterocycles. The van der Waals surface area contributed by atoms with Gasteiger partial charge in [0, 0.05) is 28.2 Å². The number of hydrogen-bond donors (Lipinski definition) is 0. The van der Waals surface area contributed by atoms with Gasteiger partial charge in [-0.25, -0.2) is 4.98 Å². The Balaban J connectivity index is 1.15. The van der Waals surface area contributed by atoms with E-state index in [2.05, 4.69) is 152 Å². The molecule has 3 heteroatoms. The summed E-state index contributed by atoms with van der Waals surface area (Å²) in [4.78, 5) is 7.22. The Bertz CT molecular complexity index is 2420. The number of pyridine rings is 1. The fraction of sp³-hybridized carbons (Fsp3) is 0.0682. The van der Waals surface area contributed by atoms with Crippen LogP contribution in [0.2, 0.25) is 0 Å². The van der Waals surface area contributed by atoms with Gasteiger partial charge in [-0.1, -0.05) is 123 Å². The highest BCUT2D eigenvalue weighted by Gasteiger charge is 2.35. The predicted molar refractivity (Wildman–Crippen MR) is 195 cm³/mol. The lowest BCUT2D eigenvalue weighted by atomic mass is 9.82. The van der Waals surface area contributed by atoms with Crippen LogP contribution in [-0.2, 0) is 5.41 Å². The zero-order chi connectivity index (χ0) is 31.5. The number of anilines is 3. The lowest BCUT2D eigenvalue weighted by molar-refractivity contribution is 0.660. The lowest BCUT2D eigenvalue weighted by Crippen LogP contribution is -2.15. The zero-order valence-corrected chi connectivity index (χ0v) is 26.3. The number of para-hydroxylation sites is 1. The minimum absolute atomic E-state index is 0.0538. The van der Waals surface area contributed by atoms with E-state index in [-0.39, 0.29) is 5.41 Å². The number of benzene rings is 6. The van der Waals surface area contributed by atoms with Crippen molar-refractivity contribution < 1.29 is 4.42 Å². The molecular weight excluding hydrogens is 572 g/mol.